The molecule has 0 aromatic carbocycles. The summed E-state index contributed by atoms with van der Waals surface area (Å²) >= 11 is 0. The van der Waals surface area contributed by atoms with Crippen molar-refractivity contribution in [3.05, 3.63) is 12.2 Å². The molecule has 4 unspecified atom stereocenters. The molecule has 2 saturated carbocycles. The Morgan fingerprint density at radius 1 is 1.41 bits per heavy atom. The van der Waals surface area contributed by atoms with Gasteiger partial charge in [0.05, 0.1) is 5.60 Å². The molecule has 17 heavy (non-hydrogen) atoms. The summed E-state index contributed by atoms with van der Waals surface area (Å²) in [6, 6.07) is 0. The van der Waals surface area contributed by atoms with E-state index in [0.29, 0.717) is 30.0 Å². The number of carbonyl (C=O) groups is 1. The quantitative estimate of drug-likeness (QED) is 0.711. The van der Waals surface area contributed by atoms with Crippen LogP contribution in [0.5, 0.6) is 0 Å². The van der Waals surface area contributed by atoms with Crippen molar-refractivity contribution in [3.8, 4) is 0 Å². The molecule has 0 aromatic heterocycles. The second-order valence-corrected chi connectivity index (χ2v) is 6.53. The lowest BCUT2D eigenvalue weighted by atomic mass is 9.58. The smallest absolute Gasteiger partial charge is 0.136 e. The van der Waals surface area contributed by atoms with Crippen LogP contribution in [0.2, 0.25) is 0 Å². The number of rotatable bonds is 1. The van der Waals surface area contributed by atoms with Crippen molar-refractivity contribution in [2.75, 3.05) is 0 Å². The summed E-state index contributed by atoms with van der Waals surface area (Å²) < 4.78 is 0. The molecule has 4 atom stereocenters. The molecule has 0 saturated heterocycles. The van der Waals surface area contributed by atoms with E-state index in [1.807, 2.05) is 20.8 Å². The molecule has 0 aliphatic heterocycles. The van der Waals surface area contributed by atoms with Gasteiger partial charge in [0, 0.05) is 12.3 Å². The molecule has 2 aliphatic carbocycles. The van der Waals surface area contributed by atoms with Gasteiger partial charge in [-0.3, -0.25) is 4.79 Å². The van der Waals surface area contributed by atoms with Gasteiger partial charge >= 0.3 is 0 Å². The molecular formula is C15H24O2. The maximum atomic E-state index is 11.8. The largest absolute Gasteiger partial charge is 0.390 e. The zero-order valence-corrected chi connectivity index (χ0v) is 11.2. The Labute approximate surface area is 104 Å². The Bertz CT molecular complexity index is 337. The van der Waals surface area contributed by atoms with Crippen LogP contribution in [0.15, 0.2) is 12.2 Å². The minimum absolute atomic E-state index is 0.159. The lowest BCUT2D eigenvalue weighted by Gasteiger charge is -2.48. The predicted octanol–water partition coefficient (Wildman–Crippen LogP) is 2.95. The maximum Gasteiger partial charge on any atom is 0.136 e. The number of Topliss-reactive ketones (excluding diaryl/α,β-unsaturated/α-hetero) is 1. The van der Waals surface area contributed by atoms with Gasteiger partial charge in [0.15, 0.2) is 0 Å². The molecule has 0 bridgehead atoms. The predicted molar refractivity (Wildman–Crippen MR) is 68.5 cm³/mol. The van der Waals surface area contributed by atoms with Crippen LogP contribution in [0.3, 0.4) is 0 Å². The van der Waals surface area contributed by atoms with E-state index in [1.165, 1.54) is 5.57 Å². The highest BCUT2D eigenvalue weighted by Crippen LogP contribution is 2.49. The van der Waals surface area contributed by atoms with Crippen LogP contribution in [-0.2, 0) is 4.79 Å². The number of ketones is 1. The Kier molecular flexibility index (Phi) is 3.19. The number of carbonyl (C=O) groups excluding carboxylic acids is 1. The second-order valence-electron chi connectivity index (χ2n) is 6.53. The van der Waals surface area contributed by atoms with E-state index in [0.717, 1.165) is 19.3 Å². The molecule has 96 valence electrons. The van der Waals surface area contributed by atoms with Gasteiger partial charge in [-0.25, -0.2) is 0 Å². The fourth-order valence-corrected chi connectivity index (χ4v) is 3.78. The van der Waals surface area contributed by atoms with Crippen LogP contribution < -0.4 is 0 Å². The first kappa shape index (κ1) is 12.8. The van der Waals surface area contributed by atoms with Gasteiger partial charge in [-0.2, -0.15) is 0 Å². The monoisotopic (exact) mass is 236 g/mol. The van der Waals surface area contributed by atoms with Crippen LogP contribution in [0, 0.1) is 23.7 Å². The van der Waals surface area contributed by atoms with Crippen molar-refractivity contribution in [1.82, 2.24) is 0 Å². The average molecular weight is 236 g/mol. The summed E-state index contributed by atoms with van der Waals surface area (Å²) in [6.07, 6.45) is 3.57. The number of hydrogen-bond donors (Lipinski definition) is 1. The SMILES string of the molecule is C=C1CCC(C(C)(C)O)C2CC(C)C(=O)CC12. The first-order chi connectivity index (χ1) is 7.80. The van der Waals surface area contributed by atoms with Crippen LogP contribution >= 0.6 is 0 Å². The fourth-order valence-electron chi connectivity index (χ4n) is 3.78. The van der Waals surface area contributed by atoms with Crippen LogP contribution in [0.1, 0.15) is 46.5 Å². The third kappa shape index (κ3) is 2.33. The minimum atomic E-state index is -0.635. The standard InChI is InChI=1S/C15H24O2/c1-9-5-6-13(15(3,4)17)12-7-10(2)14(16)8-11(9)12/h10-13,17H,1,5-8H2,2-4H3. The molecule has 2 nitrogen and oxygen atoms in total. The molecule has 2 heteroatoms. The topological polar surface area (TPSA) is 37.3 Å². The van der Waals surface area contributed by atoms with Gasteiger partial charge < -0.3 is 5.11 Å². The summed E-state index contributed by atoms with van der Waals surface area (Å²) in [5.74, 6) is 1.62. The third-order valence-electron chi connectivity index (χ3n) is 4.84. The summed E-state index contributed by atoms with van der Waals surface area (Å²) in [5.41, 5.74) is 0.597. The Hall–Kier alpha value is -0.630. The van der Waals surface area contributed by atoms with Gasteiger partial charge in [0.2, 0.25) is 0 Å². The number of hydrogen-bond acceptors (Lipinski definition) is 2. The van der Waals surface area contributed by atoms with E-state index < -0.39 is 5.60 Å². The van der Waals surface area contributed by atoms with Gasteiger partial charge in [-0.15, -0.1) is 0 Å². The lowest BCUT2D eigenvalue weighted by Crippen LogP contribution is -2.46. The molecule has 0 heterocycles. The first-order valence-corrected chi connectivity index (χ1v) is 6.73. The van der Waals surface area contributed by atoms with Gasteiger partial charge in [0.25, 0.3) is 0 Å². The maximum absolute atomic E-state index is 11.8. The third-order valence-corrected chi connectivity index (χ3v) is 4.84. The molecule has 2 rings (SSSR count). The Balaban J connectivity index is 2.25. The van der Waals surface area contributed by atoms with E-state index in [9.17, 15) is 9.90 Å². The van der Waals surface area contributed by atoms with Crippen molar-refractivity contribution < 1.29 is 9.90 Å². The highest BCUT2D eigenvalue weighted by atomic mass is 16.3. The normalized spacial score (nSPS) is 39.1. The zero-order valence-electron chi connectivity index (χ0n) is 11.2. The van der Waals surface area contributed by atoms with E-state index in [4.69, 9.17) is 0 Å². The fraction of sp³-hybridized carbons (Fsp3) is 0.800. The number of allylic oxidation sites excluding steroid dienone is 1. The molecule has 0 amide bonds. The zero-order chi connectivity index (χ0) is 12.8. The highest BCUT2D eigenvalue weighted by molar-refractivity contribution is 5.82. The number of fused-ring (bicyclic) bond motifs is 1. The summed E-state index contributed by atoms with van der Waals surface area (Å²) in [5, 5.41) is 10.3. The number of aliphatic hydroxyl groups is 1. The van der Waals surface area contributed by atoms with Crippen LogP contribution in [0.25, 0.3) is 0 Å². The second kappa shape index (κ2) is 4.24. The van der Waals surface area contributed by atoms with Gasteiger partial charge in [0.1, 0.15) is 5.78 Å². The highest BCUT2D eigenvalue weighted by Gasteiger charge is 2.46. The lowest BCUT2D eigenvalue weighted by molar-refractivity contribution is -0.130. The van der Waals surface area contributed by atoms with Crippen LogP contribution in [0.4, 0.5) is 0 Å². The molecule has 0 radical (unpaired) electrons. The summed E-state index contributed by atoms with van der Waals surface area (Å²) in [7, 11) is 0. The summed E-state index contributed by atoms with van der Waals surface area (Å²) in [6.45, 7) is 9.98. The van der Waals surface area contributed by atoms with E-state index in [-0.39, 0.29) is 5.92 Å². The van der Waals surface area contributed by atoms with Crippen molar-refractivity contribution in [2.45, 2.75) is 52.1 Å². The molecule has 2 fully saturated rings. The van der Waals surface area contributed by atoms with Crippen molar-refractivity contribution >= 4 is 5.78 Å². The Morgan fingerprint density at radius 3 is 2.65 bits per heavy atom. The van der Waals surface area contributed by atoms with Gasteiger partial charge in [-0.05, 0) is 50.9 Å². The van der Waals surface area contributed by atoms with E-state index in [1.54, 1.807) is 0 Å². The minimum Gasteiger partial charge on any atom is -0.390 e. The van der Waals surface area contributed by atoms with Crippen molar-refractivity contribution in [1.29, 1.82) is 0 Å². The molecule has 0 spiro atoms. The van der Waals surface area contributed by atoms with E-state index in [2.05, 4.69) is 6.58 Å². The molecular weight excluding hydrogens is 212 g/mol. The van der Waals surface area contributed by atoms with Gasteiger partial charge in [-0.1, -0.05) is 19.1 Å². The summed E-state index contributed by atoms with van der Waals surface area (Å²) in [4.78, 5) is 11.8. The molecule has 2 aliphatic rings. The van der Waals surface area contributed by atoms with Crippen LogP contribution in [-0.4, -0.2) is 16.5 Å². The van der Waals surface area contributed by atoms with Crippen molar-refractivity contribution in [3.63, 3.8) is 0 Å². The average Bonchev–Trinajstić information content (AvgIpc) is 2.19. The Morgan fingerprint density at radius 2 is 2.06 bits per heavy atom. The van der Waals surface area contributed by atoms with E-state index >= 15 is 0 Å². The van der Waals surface area contributed by atoms with Crippen molar-refractivity contribution in [2.24, 2.45) is 23.7 Å². The first-order valence-electron chi connectivity index (χ1n) is 6.73. The molecule has 0 aromatic rings. The molecule has 1 N–H and O–H groups in total.